The van der Waals surface area contributed by atoms with Crippen LogP contribution in [-0.2, 0) is 9.47 Å². The van der Waals surface area contributed by atoms with E-state index in [4.69, 9.17) is 9.84 Å². The van der Waals surface area contributed by atoms with Gasteiger partial charge in [0, 0.05) is 11.8 Å². The van der Waals surface area contributed by atoms with E-state index in [1.807, 2.05) is 0 Å². The Balaban J connectivity index is 2.28. The van der Waals surface area contributed by atoms with E-state index in [0.717, 1.165) is 0 Å². The number of aromatic carboxylic acids is 1. The fourth-order valence-corrected chi connectivity index (χ4v) is 1.65. The van der Waals surface area contributed by atoms with Crippen molar-refractivity contribution in [1.82, 2.24) is 4.90 Å². The van der Waals surface area contributed by atoms with Gasteiger partial charge in [0.15, 0.2) is 0 Å². The molecule has 1 unspecified atom stereocenters. The molecule has 1 aromatic carbocycles. The minimum Gasteiger partial charge on any atom is -0.478 e. The summed E-state index contributed by atoms with van der Waals surface area (Å²) in [5, 5.41) is 8.91. The maximum atomic E-state index is 11.5. The van der Waals surface area contributed by atoms with E-state index in [1.54, 1.807) is 12.1 Å². The summed E-state index contributed by atoms with van der Waals surface area (Å²) >= 11 is 0. The molecule has 6 nitrogen and oxygen atoms in total. The number of amides is 1. The molecule has 0 radical (unpaired) electrons. The number of carbonyl (C=O) groups is 2. The van der Waals surface area contributed by atoms with Gasteiger partial charge in [0.1, 0.15) is 6.26 Å². The maximum Gasteiger partial charge on any atom is 0.416 e. The molecule has 0 bridgehead atoms. The highest BCUT2D eigenvalue weighted by molar-refractivity contribution is 5.87. The van der Waals surface area contributed by atoms with E-state index in [0.29, 0.717) is 5.56 Å². The molecule has 18 heavy (non-hydrogen) atoms. The summed E-state index contributed by atoms with van der Waals surface area (Å²) in [4.78, 5) is 23.6. The topological polar surface area (TPSA) is 76.1 Å². The van der Waals surface area contributed by atoms with Crippen LogP contribution in [0.2, 0.25) is 0 Å². The number of carboxylic acid groups (broad SMARTS) is 1. The Hall–Kier alpha value is -2.50. The fraction of sp³-hybridized carbons (Fsp3) is 0.167. The molecule has 0 aromatic heterocycles. The lowest BCUT2D eigenvalue weighted by molar-refractivity contribution is 0.0474. The summed E-state index contributed by atoms with van der Waals surface area (Å²) in [6.45, 7) is 0. The summed E-state index contributed by atoms with van der Waals surface area (Å²) in [6.07, 6.45) is 1.52. The Labute approximate surface area is 103 Å². The molecular formula is C12H11NO5. The van der Waals surface area contributed by atoms with Gasteiger partial charge in [-0.3, -0.25) is 0 Å². The van der Waals surface area contributed by atoms with Crippen LogP contribution in [-0.4, -0.2) is 29.2 Å². The van der Waals surface area contributed by atoms with Crippen LogP contribution >= 0.6 is 0 Å². The van der Waals surface area contributed by atoms with Gasteiger partial charge < -0.3 is 14.6 Å². The van der Waals surface area contributed by atoms with E-state index in [2.05, 4.69) is 4.74 Å². The lowest BCUT2D eigenvalue weighted by Crippen LogP contribution is -2.27. The van der Waals surface area contributed by atoms with E-state index >= 15 is 0 Å². The van der Waals surface area contributed by atoms with Crippen LogP contribution in [0, 0.1) is 0 Å². The summed E-state index contributed by atoms with van der Waals surface area (Å²) in [6, 6.07) is 6.20. The second kappa shape index (κ2) is 4.79. The monoisotopic (exact) mass is 249 g/mol. The standard InChI is InChI=1S/C12H11NO5/c1-17-12(16)13-5-6-18-10(13)8-3-2-4-9(7-8)11(14)15/h2-7,10H,1H3,(H,14,15). The molecule has 6 heteroatoms. The third-order valence-corrected chi connectivity index (χ3v) is 2.49. The van der Waals surface area contributed by atoms with Gasteiger partial charge in [-0.05, 0) is 12.1 Å². The predicted octanol–water partition coefficient (Wildman–Crippen LogP) is 1.95. The average molecular weight is 249 g/mol. The molecule has 1 atom stereocenters. The van der Waals surface area contributed by atoms with Gasteiger partial charge in [-0.2, -0.15) is 0 Å². The Bertz CT molecular complexity index is 511. The Morgan fingerprint density at radius 3 is 2.89 bits per heavy atom. The Morgan fingerprint density at radius 1 is 1.44 bits per heavy atom. The Kier molecular flexibility index (Phi) is 3.18. The zero-order chi connectivity index (χ0) is 13.1. The zero-order valence-electron chi connectivity index (χ0n) is 9.57. The minimum absolute atomic E-state index is 0.132. The maximum absolute atomic E-state index is 11.5. The van der Waals surface area contributed by atoms with Crippen molar-refractivity contribution in [2.75, 3.05) is 7.11 Å². The van der Waals surface area contributed by atoms with E-state index in [-0.39, 0.29) is 5.56 Å². The molecule has 1 aliphatic heterocycles. The Morgan fingerprint density at radius 2 is 2.22 bits per heavy atom. The number of carboxylic acids is 1. The SMILES string of the molecule is COC(=O)N1C=COC1c1cccc(C(=O)O)c1. The fourth-order valence-electron chi connectivity index (χ4n) is 1.65. The number of benzene rings is 1. The zero-order valence-corrected chi connectivity index (χ0v) is 9.57. The molecule has 0 aliphatic carbocycles. The van der Waals surface area contributed by atoms with Gasteiger partial charge in [0.25, 0.3) is 0 Å². The summed E-state index contributed by atoms with van der Waals surface area (Å²) in [7, 11) is 1.26. The molecular weight excluding hydrogens is 238 g/mol. The number of hydrogen-bond acceptors (Lipinski definition) is 4. The molecule has 1 N–H and O–H groups in total. The lowest BCUT2D eigenvalue weighted by atomic mass is 10.1. The summed E-state index contributed by atoms with van der Waals surface area (Å²) in [5.74, 6) is -1.03. The highest BCUT2D eigenvalue weighted by Crippen LogP contribution is 2.28. The van der Waals surface area contributed by atoms with E-state index < -0.39 is 18.3 Å². The van der Waals surface area contributed by atoms with Crippen LogP contribution in [0.25, 0.3) is 0 Å². The molecule has 2 rings (SSSR count). The van der Waals surface area contributed by atoms with Crippen molar-refractivity contribution in [3.8, 4) is 0 Å². The molecule has 0 fully saturated rings. The summed E-state index contributed by atoms with van der Waals surface area (Å²) in [5.41, 5.74) is 0.693. The second-order valence-electron chi connectivity index (χ2n) is 3.58. The minimum atomic E-state index is -1.03. The normalized spacial score (nSPS) is 17.4. The first-order valence-corrected chi connectivity index (χ1v) is 5.15. The first kappa shape index (κ1) is 12.0. The van der Waals surface area contributed by atoms with Crippen molar-refractivity contribution in [1.29, 1.82) is 0 Å². The second-order valence-corrected chi connectivity index (χ2v) is 3.58. The molecule has 1 aromatic rings. The van der Waals surface area contributed by atoms with Crippen molar-refractivity contribution in [3.05, 3.63) is 47.9 Å². The van der Waals surface area contributed by atoms with Crippen molar-refractivity contribution in [2.45, 2.75) is 6.23 Å². The van der Waals surface area contributed by atoms with Crippen molar-refractivity contribution < 1.29 is 24.2 Å². The smallest absolute Gasteiger partial charge is 0.416 e. The number of nitrogens with zero attached hydrogens (tertiary/aromatic N) is 1. The predicted molar refractivity (Wildman–Crippen MR) is 60.6 cm³/mol. The van der Waals surface area contributed by atoms with Crippen LogP contribution in [0.4, 0.5) is 4.79 Å². The van der Waals surface area contributed by atoms with Gasteiger partial charge in [-0.15, -0.1) is 0 Å². The lowest BCUT2D eigenvalue weighted by Gasteiger charge is -2.21. The van der Waals surface area contributed by atoms with Crippen molar-refractivity contribution in [2.24, 2.45) is 0 Å². The third-order valence-electron chi connectivity index (χ3n) is 2.49. The quantitative estimate of drug-likeness (QED) is 0.866. The molecule has 0 spiro atoms. The molecule has 0 saturated carbocycles. The van der Waals surface area contributed by atoms with Crippen molar-refractivity contribution in [3.63, 3.8) is 0 Å². The largest absolute Gasteiger partial charge is 0.478 e. The van der Waals surface area contributed by atoms with Gasteiger partial charge in [0.2, 0.25) is 6.23 Å². The summed E-state index contributed by atoms with van der Waals surface area (Å²) < 4.78 is 9.86. The average Bonchev–Trinajstić information content (AvgIpc) is 2.87. The first-order chi connectivity index (χ1) is 8.63. The molecule has 1 heterocycles. The van der Waals surface area contributed by atoms with E-state index in [1.165, 1.54) is 36.6 Å². The highest BCUT2D eigenvalue weighted by atomic mass is 16.6. The van der Waals surface area contributed by atoms with Crippen LogP contribution in [0.5, 0.6) is 0 Å². The van der Waals surface area contributed by atoms with Crippen LogP contribution < -0.4 is 0 Å². The number of rotatable bonds is 2. The number of ether oxygens (including phenoxy) is 2. The van der Waals surface area contributed by atoms with E-state index in [9.17, 15) is 9.59 Å². The first-order valence-electron chi connectivity index (χ1n) is 5.15. The van der Waals surface area contributed by atoms with Crippen LogP contribution in [0.15, 0.2) is 36.7 Å². The van der Waals surface area contributed by atoms with Crippen LogP contribution in [0.3, 0.4) is 0 Å². The number of hydrogen-bond donors (Lipinski definition) is 1. The number of carbonyl (C=O) groups excluding carboxylic acids is 1. The van der Waals surface area contributed by atoms with Gasteiger partial charge >= 0.3 is 12.1 Å². The van der Waals surface area contributed by atoms with Gasteiger partial charge in [0.05, 0.1) is 12.7 Å². The molecule has 94 valence electrons. The molecule has 1 amide bonds. The number of methoxy groups -OCH3 is 1. The molecule has 1 aliphatic rings. The van der Waals surface area contributed by atoms with Gasteiger partial charge in [-0.25, -0.2) is 14.5 Å². The highest BCUT2D eigenvalue weighted by Gasteiger charge is 2.29. The van der Waals surface area contributed by atoms with Crippen molar-refractivity contribution >= 4 is 12.1 Å². The molecule has 0 saturated heterocycles. The third kappa shape index (κ3) is 2.13. The van der Waals surface area contributed by atoms with Gasteiger partial charge in [-0.1, -0.05) is 12.1 Å². The van der Waals surface area contributed by atoms with Crippen LogP contribution in [0.1, 0.15) is 22.1 Å².